The molecule has 0 saturated carbocycles. The fraction of sp³-hybridized carbons (Fsp3) is 0.182. The standard InChI is InChI=1S/C11H7BrClF2N3O2/c12-7-4-2-1-3-6(7)5-17-10(13)9(18(19)20)8(16-17)11(14)15/h1-4,11H,5H2. The van der Waals surface area contributed by atoms with E-state index >= 15 is 0 Å². The van der Waals surface area contributed by atoms with E-state index in [0.29, 0.717) is 5.56 Å². The van der Waals surface area contributed by atoms with Gasteiger partial charge in [0.25, 0.3) is 6.43 Å². The van der Waals surface area contributed by atoms with Crippen molar-refractivity contribution >= 4 is 33.2 Å². The first kappa shape index (κ1) is 14.9. The Balaban J connectivity index is 2.46. The number of nitro groups is 1. The van der Waals surface area contributed by atoms with E-state index in [-0.39, 0.29) is 6.54 Å². The zero-order valence-electron chi connectivity index (χ0n) is 9.76. The average molecular weight is 367 g/mol. The van der Waals surface area contributed by atoms with Crippen LogP contribution in [0.3, 0.4) is 0 Å². The molecule has 0 saturated heterocycles. The van der Waals surface area contributed by atoms with E-state index in [9.17, 15) is 18.9 Å². The molecule has 2 rings (SSSR count). The number of halogens is 4. The lowest BCUT2D eigenvalue weighted by atomic mass is 10.2. The molecule has 0 aliphatic heterocycles. The van der Waals surface area contributed by atoms with Gasteiger partial charge in [-0.05, 0) is 11.6 Å². The van der Waals surface area contributed by atoms with Gasteiger partial charge in [0, 0.05) is 4.47 Å². The third-order valence-electron chi connectivity index (χ3n) is 2.56. The van der Waals surface area contributed by atoms with Crippen LogP contribution in [0.4, 0.5) is 14.5 Å². The first-order chi connectivity index (χ1) is 9.41. The topological polar surface area (TPSA) is 61.0 Å². The van der Waals surface area contributed by atoms with Crippen molar-refractivity contribution in [2.24, 2.45) is 0 Å². The summed E-state index contributed by atoms with van der Waals surface area (Å²) in [5, 5.41) is 13.9. The molecule has 0 fully saturated rings. The second-order valence-electron chi connectivity index (χ2n) is 3.83. The van der Waals surface area contributed by atoms with Crippen molar-refractivity contribution in [3.8, 4) is 0 Å². The highest BCUT2D eigenvalue weighted by Crippen LogP contribution is 2.35. The fourth-order valence-corrected chi connectivity index (χ4v) is 2.33. The molecule has 0 N–H and O–H groups in total. The fourth-order valence-electron chi connectivity index (χ4n) is 1.66. The smallest absolute Gasteiger partial charge is 0.258 e. The van der Waals surface area contributed by atoms with Gasteiger partial charge >= 0.3 is 5.69 Å². The summed E-state index contributed by atoms with van der Waals surface area (Å²) in [5.74, 6) is 0. The van der Waals surface area contributed by atoms with Crippen molar-refractivity contribution in [2.45, 2.75) is 13.0 Å². The van der Waals surface area contributed by atoms with E-state index in [4.69, 9.17) is 11.6 Å². The molecule has 1 aromatic carbocycles. The van der Waals surface area contributed by atoms with Crippen LogP contribution in [0.2, 0.25) is 5.15 Å². The van der Waals surface area contributed by atoms with E-state index in [0.717, 1.165) is 9.15 Å². The molecule has 9 heteroatoms. The molecule has 1 aromatic heterocycles. The summed E-state index contributed by atoms with van der Waals surface area (Å²) >= 11 is 9.08. The van der Waals surface area contributed by atoms with Crippen molar-refractivity contribution in [2.75, 3.05) is 0 Å². The third-order valence-corrected chi connectivity index (χ3v) is 3.71. The van der Waals surface area contributed by atoms with Crippen LogP contribution in [-0.2, 0) is 6.54 Å². The van der Waals surface area contributed by atoms with E-state index < -0.39 is 27.9 Å². The van der Waals surface area contributed by atoms with Gasteiger partial charge in [0.05, 0.1) is 11.5 Å². The Hall–Kier alpha value is -1.54. The molecule has 2 aromatic rings. The van der Waals surface area contributed by atoms with Crippen LogP contribution in [0.1, 0.15) is 17.7 Å². The highest BCUT2D eigenvalue weighted by atomic mass is 79.9. The minimum absolute atomic E-state index is 0.0494. The molecule has 0 spiro atoms. The van der Waals surface area contributed by atoms with Crippen molar-refractivity contribution in [1.29, 1.82) is 0 Å². The zero-order chi connectivity index (χ0) is 14.9. The lowest BCUT2D eigenvalue weighted by molar-refractivity contribution is -0.386. The Kier molecular flexibility index (Phi) is 4.34. The number of rotatable bonds is 4. The molecule has 20 heavy (non-hydrogen) atoms. The van der Waals surface area contributed by atoms with Gasteiger partial charge in [0.15, 0.2) is 0 Å². The van der Waals surface area contributed by atoms with Gasteiger partial charge < -0.3 is 0 Å². The van der Waals surface area contributed by atoms with Crippen LogP contribution < -0.4 is 0 Å². The zero-order valence-corrected chi connectivity index (χ0v) is 12.1. The molecule has 0 amide bonds. The number of nitrogens with zero attached hydrogens (tertiary/aromatic N) is 3. The van der Waals surface area contributed by atoms with Crippen LogP contribution >= 0.6 is 27.5 Å². The molecule has 0 atom stereocenters. The number of aromatic nitrogens is 2. The molecule has 0 bridgehead atoms. The molecular weight excluding hydrogens is 359 g/mol. The first-order valence-corrected chi connectivity index (χ1v) is 6.51. The van der Waals surface area contributed by atoms with Crippen molar-refractivity contribution < 1.29 is 13.7 Å². The molecule has 106 valence electrons. The highest BCUT2D eigenvalue weighted by Gasteiger charge is 2.32. The Morgan fingerprint density at radius 2 is 2.10 bits per heavy atom. The lowest BCUT2D eigenvalue weighted by Crippen LogP contribution is -2.03. The van der Waals surface area contributed by atoms with Crippen molar-refractivity contribution in [3.05, 3.63) is 55.3 Å². The maximum absolute atomic E-state index is 12.8. The first-order valence-electron chi connectivity index (χ1n) is 5.34. The van der Waals surface area contributed by atoms with Crippen molar-refractivity contribution in [3.63, 3.8) is 0 Å². The van der Waals surface area contributed by atoms with Crippen LogP contribution in [0.5, 0.6) is 0 Å². The van der Waals surface area contributed by atoms with Crippen molar-refractivity contribution in [1.82, 2.24) is 9.78 Å². The van der Waals surface area contributed by atoms with Crippen LogP contribution in [-0.4, -0.2) is 14.7 Å². The number of alkyl halides is 2. The summed E-state index contributed by atoms with van der Waals surface area (Å²) in [4.78, 5) is 9.85. The second kappa shape index (κ2) is 5.84. The normalized spacial score (nSPS) is 11.1. The second-order valence-corrected chi connectivity index (χ2v) is 5.04. The number of hydrogen-bond acceptors (Lipinski definition) is 3. The minimum Gasteiger partial charge on any atom is -0.258 e. The Bertz CT molecular complexity index is 663. The maximum atomic E-state index is 12.8. The maximum Gasteiger partial charge on any atom is 0.335 e. The summed E-state index contributed by atoms with van der Waals surface area (Å²) in [6.45, 7) is 0.0494. The Morgan fingerprint density at radius 3 is 2.60 bits per heavy atom. The van der Waals surface area contributed by atoms with Crippen LogP contribution in [0, 0.1) is 10.1 Å². The van der Waals surface area contributed by atoms with Gasteiger partial charge in [0.2, 0.25) is 10.8 Å². The molecule has 0 aliphatic carbocycles. The van der Waals surface area contributed by atoms with Gasteiger partial charge in [-0.1, -0.05) is 45.7 Å². The highest BCUT2D eigenvalue weighted by molar-refractivity contribution is 9.10. The summed E-state index contributed by atoms with van der Waals surface area (Å²) in [7, 11) is 0. The van der Waals surface area contributed by atoms with E-state index in [1.54, 1.807) is 24.3 Å². The average Bonchev–Trinajstić information content (AvgIpc) is 2.70. The summed E-state index contributed by atoms with van der Waals surface area (Å²) in [6, 6.07) is 7.02. The van der Waals surface area contributed by atoms with Gasteiger partial charge in [-0.2, -0.15) is 5.10 Å². The van der Waals surface area contributed by atoms with E-state index in [1.165, 1.54) is 0 Å². The quantitative estimate of drug-likeness (QED) is 0.602. The lowest BCUT2D eigenvalue weighted by Gasteiger charge is -2.04. The largest absolute Gasteiger partial charge is 0.335 e. The predicted molar refractivity (Wildman–Crippen MR) is 72.1 cm³/mol. The Morgan fingerprint density at radius 1 is 1.45 bits per heavy atom. The van der Waals surface area contributed by atoms with Gasteiger partial charge in [-0.25, -0.2) is 13.5 Å². The Labute approximate surface area is 125 Å². The van der Waals surface area contributed by atoms with Gasteiger partial charge in [0.1, 0.15) is 0 Å². The summed E-state index contributed by atoms with van der Waals surface area (Å²) < 4.78 is 27.2. The molecule has 0 radical (unpaired) electrons. The number of benzene rings is 1. The monoisotopic (exact) mass is 365 g/mol. The predicted octanol–water partition coefficient (Wildman–Crippen LogP) is 4.19. The van der Waals surface area contributed by atoms with Crippen LogP contribution in [0.25, 0.3) is 0 Å². The number of hydrogen-bond donors (Lipinski definition) is 0. The molecule has 1 heterocycles. The molecule has 5 nitrogen and oxygen atoms in total. The van der Waals surface area contributed by atoms with E-state index in [1.807, 2.05) is 0 Å². The minimum atomic E-state index is -3.06. The molecule has 0 unspecified atom stereocenters. The molecule has 0 aliphatic rings. The summed E-state index contributed by atoms with van der Waals surface area (Å²) in [5.41, 5.74) is -1.06. The van der Waals surface area contributed by atoms with Gasteiger partial charge in [-0.3, -0.25) is 10.1 Å². The SMILES string of the molecule is O=[N+]([O-])c1c(C(F)F)nn(Cc2ccccc2Br)c1Cl. The van der Waals surface area contributed by atoms with E-state index in [2.05, 4.69) is 21.0 Å². The third kappa shape index (κ3) is 2.80. The molecular formula is C11H7BrClF2N3O2. The van der Waals surface area contributed by atoms with Crippen LogP contribution in [0.15, 0.2) is 28.7 Å². The van der Waals surface area contributed by atoms with Gasteiger partial charge in [-0.15, -0.1) is 0 Å². The summed E-state index contributed by atoms with van der Waals surface area (Å²) in [6.07, 6.45) is -3.06.